The maximum atomic E-state index is 12.5. The number of para-hydroxylation sites is 1. The van der Waals surface area contributed by atoms with E-state index in [0.29, 0.717) is 33.7 Å². The maximum absolute atomic E-state index is 12.5. The van der Waals surface area contributed by atoms with E-state index in [9.17, 15) is 9.59 Å². The van der Waals surface area contributed by atoms with Gasteiger partial charge in [-0.3, -0.25) is 9.59 Å². The number of ketones is 1. The molecule has 0 spiro atoms. The number of amides is 1. The lowest BCUT2D eigenvalue weighted by Crippen LogP contribution is -2.36. The Morgan fingerprint density at radius 3 is 2.86 bits per heavy atom. The summed E-state index contributed by atoms with van der Waals surface area (Å²) < 4.78 is 6.11. The van der Waals surface area contributed by atoms with Crippen molar-refractivity contribution in [1.29, 1.82) is 0 Å². The summed E-state index contributed by atoms with van der Waals surface area (Å²) in [5.41, 5.74) is 0.493. The molecule has 1 aromatic heterocycles. The molecular weight excluding hydrogens is 310 g/mol. The van der Waals surface area contributed by atoms with Gasteiger partial charge >= 0.3 is 0 Å². The van der Waals surface area contributed by atoms with Crippen molar-refractivity contribution in [3.05, 3.63) is 51.2 Å². The van der Waals surface area contributed by atoms with Crippen LogP contribution in [0.4, 0.5) is 0 Å². The molecular formula is C15H12ClNO3S. The third-order valence-corrected chi connectivity index (χ3v) is 4.48. The number of ether oxygens (including phenoxy) is 1. The highest BCUT2D eigenvalue weighted by molar-refractivity contribution is 7.18. The Labute approximate surface area is 130 Å². The predicted octanol–water partition coefficient (Wildman–Crippen LogP) is 3.12. The van der Waals surface area contributed by atoms with Crippen molar-refractivity contribution >= 4 is 34.6 Å². The van der Waals surface area contributed by atoms with Crippen molar-refractivity contribution in [1.82, 2.24) is 4.90 Å². The van der Waals surface area contributed by atoms with Crippen LogP contribution in [-0.2, 0) is 0 Å². The Hall–Kier alpha value is -1.85. The number of fused-ring (bicyclic) bond motifs is 1. The van der Waals surface area contributed by atoms with E-state index in [1.54, 1.807) is 30.3 Å². The number of carbonyl (C=O) groups is 2. The molecule has 0 unspecified atom stereocenters. The Morgan fingerprint density at radius 2 is 2.10 bits per heavy atom. The van der Waals surface area contributed by atoms with Crippen LogP contribution in [0, 0.1) is 0 Å². The molecule has 0 saturated heterocycles. The zero-order valence-electron chi connectivity index (χ0n) is 11.0. The Morgan fingerprint density at radius 1 is 1.29 bits per heavy atom. The van der Waals surface area contributed by atoms with Gasteiger partial charge in [-0.2, -0.15) is 0 Å². The topological polar surface area (TPSA) is 46.6 Å². The summed E-state index contributed by atoms with van der Waals surface area (Å²) in [5.74, 6) is 0.273. The summed E-state index contributed by atoms with van der Waals surface area (Å²) in [6.45, 7) is 0.799. The van der Waals surface area contributed by atoms with Gasteiger partial charge in [-0.05, 0) is 24.3 Å². The standard InChI is InChI=1S/C15H12ClNO3S/c16-14-6-5-13(21-14)11(18)9-17-7-8-20-12-4-2-1-3-10(12)15(17)19/h1-6H,7-9H2. The summed E-state index contributed by atoms with van der Waals surface area (Å²) in [5, 5.41) is 0. The number of benzene rings is 1. The van der Waals surface area contributed by atoms with Gasteiger partial charge in [0.15, 0.2) is 5.78 Å². The second-order valence-electron chi connectivity index (χ2n) is 4.60. The van der Waals surface area contributed by atoms with Gasteiger partial charge in [0.05, 0.1) is 27.9 Å². The number of hydrogen-bond donors (Lipinski definition) is 0. The van der Waals surface area contributed by atoms with Crippen LogP contribution in [0.15, 0.2) is 36.4 Å². The average molecular weight is 322 g/mol. The fraction of sp³-hybridized carbons (Fsp3) is 0.200. The smallest absolute Gasteiger partial charge is 0.258 e. The Bertz CT molecular complexity index is 698. The van der Waals surface area contributed by atoms with E-state index in [-0.39, 0.29) is 18.2 Å². The lowest BCUT2D eigenvalue weighted by molar-refractivity contribution is 0.0710. The normalized spacial score (nSPS) is 14.3. The number of Topliss-reactive ketones (excluding diaryl/α,β-unsaturated/α-hetero) is 1. The molecule has 2 aromatic rings. The summed E-state index contributed by atoms with van der Waals surface area (Å²) in [4.78, 5) is 26.8. The molecule has 1 aliphatic heterocycles. The summed E-state index contributed by atoms with van der Waals surface area (Å²) >= 11 is 7.06. The third-order valence-electron chi connectivity index (χ3n) is 3.21. The Balaban J connectivity index is 1.80. The fourth-order valence-electron chi connectivity index (χ4n) is 2.17. The molecule has 0 bridgehead atoms. The molecule has 3 rings (SSSR count). The molecule has 0 N–H and O–H groups in total. The minimum Gasteiger partial charge on any atom is -0.491 e. The van der Waals surface area contributed by atoms with E-state index < -0.39 is 0 Å². The SMILES string of the molecule is O=C(CN1CCOc2ccccc2C1=O)c1ccc(Cl)s1. The van der Waals surface area contributed by atoms with E-state index in [4.69, 9.17) is 16.3 Å². The first-order chi connectivity index (χ1) is 10.1. The van der Waals surface area contributed by atoms with Gasteiger partial charge in [0, 0.05) is 0 Å². The first kappa shape index (κ1) is 14.1. The number of nitrogens with zero attached hydrogens (tertiary/aromatic N) is 1. The van der Waals surface area contributed by atoms with Crippen LogP contribution in [0.3, 0.4) is 0 Å². The quantitative estimate of drug-likeness (QED) is 0.816. The van der Waals surface area contributed by atoms with Crippen LogP contribution in [0.1, 0.15) is 20.0 Å². The molecule has 4 nitrogen and oxygen atoms in total. The van der Waals surface area contributed by atoms with Gasteiger partial charge in [0.25, 0.3) is 5.91 Å². The molecule has 1 aromatic carbocycles. The Kier molecular flexibility index (Phi) is 3.94. The lowest BCUT2D eigenvalue weighted by Gasteiger charge is -2.18. The van der Waals surface area contributed by atoms with Crippen LogP contribution >= 0.6 is 22.9 Å². The fourth-order valence-corrected chi connectivity index (χ4v) is 3.15. The summed E-state index contributed by atoms with van der Waals surface area (Å²) in [6.07, 6.45) is 0. The van der Waals surface area contributed by atoms with Gasteiger partial charge in [-0.1, -0.05) is 23.7 Å². The molecule has 21 heavy (non-hydrogen) atoms. The third kappa shape index (κ3) is 2.94. The molecule has 0 radical (unpaired) electrons. The zero-order valence-corrected chi connectivity index (χ0v) is 12.6. The van der Waals surface area contributed by atoms with E-state index in [0.717, 1.165) is 0 Å². The molecule has 0 saturated carbocycles. The molecule has 1 aliphatic rings. The molecule has 2 heterocycles. The van der Waals surface area contributed by atoms with Crippen LogP contribution in [0.2, 0.25) is 4.34 Å². The highest BCUT2D eigenvalue weighted by atomic mass is 35.5. The van der Waals surface area contributed by atoms with Gasteiger partial charge in [-0.25, -0.2) is 0 Å². The summed E-state index contributed by atoms with van der Waals surface area (Å²) in [6, 6.07) is 10.4. The minimum atomic E-state index is -0.181. The highest BCUT2D eigenvalue weighted by Crippen LogP contribution is 2.24. The number of halogens is 1. The van der Waals surface area contributed by atoms with Crippen LogP contribution < -0.4 is 4.74 Å². The molecule has 6 heteroatoms. The maximum Gasteiger partial charge on any atom is 0.258 e. The molecule has 0 fully saturated rings. The average Bonchev–Trinajstić information content (AvgIpc) is 2.86. The van der Waals surface area contributed by atoms with Crippen molar-refractivity contribution in [2.24, 2.45) is 0 Å². The lowest BCUT2D eigenvalue weighted by atomic mass is 10.1. The first-order valence-corrected chi connectivity index (χ1v) is 7.64. The number of rotatable bonds is 3. The minimum absolute atomic E-state index is 0.0351. The van der Waals surface area contributed by atoms with Gasteiger partial charge < -0.3 is 9.64 Å². The van der Waals surface area contributed by atoms with E-state index >= 15 is 0 Å². The van der Waals surface area contributed by atoms with Crippen LogP contribution in [0.25, 0.3) is 0 Å². The van der Waals surface area contributed by atoms with Crippen molar-refractivity contribution in [2.45, 2.75) is 0 Å². The largest absolute Gasteiger partial charge is 0.491 e. The number of carbonyl (C=O) groups excluding carboxylic acids is 2. The summed E-state index contributed by atoms with van der Waals surface area (Å²) in [7, 11) is 0. The highest BCUT2D eigenvalue weighted by Gasteiger charge is 2.25. The molecule has 0 atom stereocenters. The van der Waals surface area contributed by atoms with Crippen molar-refractivity contribution in [2.75, 3.05) is 19.7 Å². The molecule has 0 aliphatic carbocycles. The zero-order chi connectivity index (χ0) is 14.8. The van der Waals surface area contributed by atoms with Crippen LogP contribution in [0.5, 0.6) is 5.75 Å². The van der Waals surface area contributed by atoms with Gasteiger partial charge in [0.2, 0.25) is 0 Å². The van der Waals surface area contributed by atoms with E-state index in [2.05, 4.69) is 0 Å². The number of thiophene rings is 1. The molecule has 108 valence electrons. The van der Waals surface area contributed by atoms with Gasteiger partial charge in [-0.15, -0.1) is 11.3 Å². The van der Waals surface area contributed by atoms with Crippen molar-refractivity contribution < 1.29 is 14.3 Å². The van der Waals surface area contributed by atoms with Crippen LogP contribution in [-0.4, -0.2) is 36.3 Å². The van der Waals surface area contributed by atoms with Crippen molar-refractivity contribution in [3.63, 3.8) is 0 Å². The van der Waals surface area contributed by atoms with E-state index in [1.807, 2.05) is 6.07 Å². The first-order valence-electron chi connectivity index (χ1n) is 6.45. The predicted molar refractivity (Wildman–Crippen MR) is 81.5 cm³/mol. The van der Waals surface area contributed by atoms with E-state index in [1.165, 1.54) is 16.2 Å². The second kappa shape index (κ2) is 5.87. The number of hydrogen-bond acceptors (Lipinski definition) is 4. The molecule has 1 amide bonds. The van der Waals surface area contributed by atoms with Gasteiger partial charge in [0.1, 0.15) is 12.4 Å². The second-order valence-corrected chi connectivity index (χ2v) is 6.31. The monoisotopic (exact) mass is 321 g/mol. The van der Waals surface area contributed by atoms with Crippen molar-refractivity contribution in [3.8, 4) is 5.75 Å².